The van der Waals surface area contributed by atoms with Gasteiger partial charge in [0.2, 0.25) is 0 Å². The lowest BCUT2D eigenvalue weighted by atomic mass is 9.69. The minimum Gasteiger partial charge on any atom is -0.465 e. The van der Waals surface area contributed by atoms with E-state index in [2.05, 4.69) is 4.74 Å². The van der Waals surface area contributed by atoms with Crippen LogP contribution < -0.4 is 0 Å². The fourth-order valence-corrected chi connectivity index (χ4v) is 3.00. The molecule has 0 saturated heterocycles. The van der Waals surface area contributed by atoms with Crippen LogP contribution in [0.2, 0.25) is 0 Å². The van der Waals surface area contributed by atoms with Crippen molar-refractivity contribution in [3.8, 4) is 0 Å². The van der Waals surface area contributed by atoms with Crippen molar-refractivity contribution in [3.63, 3.8) is 0 Å². The molecule has 1 unspecified atom stereocenters. The van der Waals surface area contributed by atoms with Crippen LogP contribution in [0.15, 0.2) is 0 Å². The Kier molecular flexibility index (Phi) is 5.38. The largest absolute Gasteiger partial charge is 0.465 e. The second-order valence-corrected chi connectivity index (χ2v) is 8.15. The molecule has 0 aliphatic heterocycles. The van der Waals surface area contributed by atoms with E-state index in [4.69, 9.17) is 0 Å². The van der Waals surface area contributed by atoms with Crippen molar-refractivity contribution in [1.29, 1.82) is 0 Å². The summed E-state index contributed by atoms with van der Waals surface area (Å²) in [5.41, 5.74) is -6.20. The third kappa shape index (κ3) is 2.52. The summed E-state index contributed by atoms with van der Waals surface area (Å²) < 4.78 is 151. The Hall–Kier alpha value is -0.570. The van der Waals surface area contributed by atoms with E-state index in [9.17, 15) is 53.1 Å². The molecule has 1 aliphatic carbocycles. The number of rotatable bonds is 4. The molecule has 2 nitrogen and oxygen atoms in total. The van der Waals surface area contributed by atoms with Gasteiger partial charge >= 0.3 is 35.6 Å². The smallest absolute Gasteiger partial charge is 0.384 e. The van der Waals surface area contributed by atoms with Gasteiger partial charge in [-0.25, -0.2) is 4.39 Å². The topological polar surface area (TPSA) is 26.3 Å². The summed E-state index contributed by atoms with van der Waals surface area (Å²) in [6.45, 7) is 1.14. The van der Waals surface area contributed by atoms with Crippen LogP contribution in [0.5, 0.6) is 0 Å². The Balaban J connectivity index is 3.69. The lowest BCUT2D eigenvalue weighted by molar-refractivity contribution is -0.485. The quantitative estimate of drug-likeness (QED) is 0.224. The molecule has 0 spiro atoms. The zero-order valence-corrected chi connectivity index (χ0v) is 14.9. The molecule has 14 heteroatoms. The fourth-order valence-electron chi connectivity index (χ4n) is 2.32. The van der Waals surface area contributed by atoms with E-state index in [0.717, 1.165) is 29.5 Å². The molecule has 0 radical (unpaired) electrons. The molecule has 0 aromatic carbocycles. The molecule has 0 N–H and O–H groups in total. The number of hydrogen-bond acceptors (Lipinski definition) is 2. The van der Waals surface area contributed by atoms with Gasteiger partial charge in [-0.3, -0.25) is 4.79 Å². The zero-order chi connectivity index (χ0) is 21.2. The minimum atomic E-state index is -7.27. The van der Waals surface area contributed by atoms with Crippen LogP contribution in [0.3, 0.4) is 0 Å². The standard InChI is InChI=1S/C12H10F11IO2/c1-3-26-5(25)6(2,24)4-7(13)8(14,15)10(18,19)12(22,23)11(20,21)9(7,16)17/h3-4H2,1-2H3. The SMILES string of the molecule is CCOC(=O)C(C)(I)CC1(F)C(F)(F)C(F)(F)C(F)(F)C(F)(F)C1(F)F. The average Bonchev–Trinajstić information content (AvgIpc) is 2.44. The number of hydrogen-bond donors (Lipinski definition) is 0. The van der Waals surface area contributed by atoms with Gasteiger partial charge in [0.05, 0.1) is 6.61 Å². The molecule has 0 aromatic heterocycles. The third-order valence-electron chi connectivity index (χ3n) is 3.85. The number of carbonyl (C=O) groups is 1. The molecule has 0 amide bonds. The van der Waals surface area contributed by atoms with Crippen LogP contribution in [0.25, 0.3) is 0 Å². The monoisotopic (exact) mass is 522 g/mol. The van der Waals surface area contributed by atoms with E-state index in [-0.39, 0.29) is 0 Å². The Morgan fingerprint density at radius 2 is 1.12 bits per heavy atom. The summed E-state index contributed by atoms with van der Waals surface area (Å²) in [5, 5.41) is 0. The van der Waals surface area contributed by atoms with Crippen molar-refractivity contribution in [1.82, 2.24) is 0 Å². The molecule has 0 bridgehead atoms. The summed E-state index contributed by atoms with van der Waals surface area (Å²) in [6.07, 6.45) is -2.65. The predicted molar refractivity (Wildman–Crippen MR) is 72.2 cm³/mol. The Morgan fingerprint density at radius 3 is 1.42 bits per heavy atom. The molecule has 26 heavy (non-hydrogen) atoms. The molecule has 0 aromatic rings. The van der Waals surface area contributed by atoms with Gasteiger partial charge in [-0.1, -0.05) is 22.6 Å². The molecular weight excluding hydrogens is 512 g/mol. The summed E-state index contributed by atoms with van der Waals surface area (Å²) in [5.74, 6) is -37.2. The van der Waals surface area contributed by atoms with E-state index in [1.54, 1.807) is 0 Å². The first-order valence-corrected chi connectivity index (χ1v) is 7.71. The lowest BCUT2D eigenvalue weighted by Crippen LogP contribution is -2.84. The first kappa shape index (κ1) is 23.5. The van der Waals surface area contributed by atoms with Crippen LogP contribution in [0.1, 0.15) is 20.3 Å². The Labute approximate surface area is 152 Å². The molecule has 1 saturated carbocycles. The molecule has 0 heterocycles. The van der Waals surface area contributed by atoms with Gasteiger partial charge in [0.1, 0.15) is 3.42 Å². The Bertz CT molecular complexity index is 558. The van der Waals surface area contributed by atoms with E-state index in [1.807, 2.05) is 0 Å². The summed E-state index contributed by atoms with van der Waals surface area (Å²) >= 11 is 0.745. The number of esters is 1. The highest BCUT2D eigenvalue weighted by Gasteiger charge is 3.01. The highest BCUT2D eigenvalue weighted by molar-refractivity contribution is 14.1. The number of alkyl halides is 12. The summed E-state index contributed by atoms with van der Waals surface area (Å²) in [7, 11) is 0. The molecule has 1 fully saturated rings. The first-order valence-electron chi connectivity index (χ1n) is 6.63. The number of halogens is 12. The van der Waals surface area contributed by atoms with Gasteiger partial charge in [-0.15, -0.1) is 0 Å². The van der Waals surface area contributed by atoms with Crippen LogP contribution >= 0.6 is 22.6 Å². The van der Waals surface area contributed by atoms with Crippen molar-refractivity contribution in [2.75, 3.05) is 6.61 Å². The highest BCUT2D eigenvalue weighted by Crippen LogP contribution is 2.71. The fraction of sp³-hybridized carbons (Fsp3) is 0.917. The maximum atomic E-state index is 14.6. The van der Waals surface area contributed by atoms with Gasteiger partial charge in [-0.05, 0) is 13.8 Å². The second kappa shape index (κ2) is 5.96. The van der Waals surface area contributed by atoms with Crippen molar-refractivity contribution >= 4 is 28.6 Å². The van der Waals surface area contributed by atoms with Crippen LogP contribution in [-0.4, -0.2) is 51.3 Å². The number of carbonyl (C=O) groups excluding carboxylic acids is 1. The molecule has 1 aliphatic rings. The molecular formula is C12H10F11IO2. The molecule has 1 atom stereocenters. The zero-order valence-electron chi connectivity index (χ0n) is 12.8. The van der Waals surface area contributed by atoms with E-state index in [1.165, 1.54) is 0 Å². The van der Waals surface area contributed by atoms with E-state index < -0.39 is 57.7 Å². The lowest BCUT2D eigenvalue weighted by Gasteiger charge is -2.53. The van der Waals surface area contributed by atoms with Crippen molar-refractivity contribution in [2.45, 2.75) is 59.0 Å². The van der Waals surface area contributed by atoms with Gasteiger partial charge in [0, 0.05) is 6.42 Å². The van der Waals surface area contributed by atoms with Gasteiger partial charge in [0.15, 0.2) is 0 Å². The van der Waals surface area contributed by atoms with Crippen LogP contribution in [0, 0.1) is 0 Å². The Morgan fingerprint density at radius 1 is 0.808 bits per heavy atom. The minimum absolute atomic E-state index is 0.460. The molecule has 1 rings (SSSR count). The van der Waals surface area contributed by atoms with Crippen LogP contribution in [0.4, 0.5) is 48.3 Å². The van der Waals surface area contributed by atoms with Crippen molar-refractivity contribution < 1.29 is 57.8 Å². The average molecular weight is 522 g/mol. The highest BCUT2D eigenvalue weighted by atomic mass is 127. The maximum absolute atomic E-state index is 14.6. The van der Waals surface area contributed by atoms with Gasteiger partial charge in [-0.2, -0.15) is 43.9 Å². The predicted octanol–water partition coefficient (Wildman–Crippen LogP) is 5.03. The van der Waals surface area contributed by atoms with E-state index in [0.29, 0.717) is 6.92 Å². The van der Waals surface area contributed by atoms with Crippen molar-refractivity contribution in [2.24, 2.45) is 0 Å². The van der Waals surface area contributed by atoms with Crippen LogP contribution in [-0.2, 0) is 9.53 Å². The maximum Gasteiger partial charge on any atom is 0.384 e. The molecule has 154 valence electrons. The normalized spacial score (nSPS) is 29.5. The summed E-state index contributed by atoms with van der Waals surface area (Å²) in [6, 6.07) is 0. The summed E-state index contributed by atoms with van der Waals surface area (Å²) in [4.78, 5) is 11.5. The van der Waals surface area contributed by atoms with Crippen molar-refractivity contribution in [3.05, 3.63) is 0 Å². The van der Waals surface area contributed by atoms with Gasteiger partial charge < -0.3 is 4.74 Å². The first-order chi connectivity index (χ1) is 11.2. The van der Waals surface area contributed by atoms with E-state index >= 15 is 0 Å². The third-order valence-corrected chi connectivity index (χ3v) is 4.67. The number of ether oxygens (including phenoxy) is 1. The van der Waals surface area contributed by atoms with Gasteiger partial charge in [0.25, 0.3) is 5.67 Å². The second-order valence-electron chi connectivity index (χ2n) is 5.77.